The lowest BCUT2D eigenvalue weighted by molar-refractivity contribution is 0.0995. The number of carbonyl (C=O) groups excluding carboxylic acids is 1. The van der Waals surface area contributed by atoms with Crippen LogP contribution in [0.3, 0.4) is 0 Å². The lowest BCUT2D eigenvalue weighted by Crippen LogP contribution is -2.33. The molecule has 2 aromatic heterocycles. The van der Waals surface area contributed by atoms with Gasteiger partial charge in [-0.3, -0.25) is 14.4 Å². The van der Waals surface area contributed by atoms with Gasteiger partial charge in [0.1, 0.15) is 11.9 Å². The van der Waals surface area contributed by atoms with Crippen LogP contribution in [-0.4, -0.2) is 49.7 Å². The van der Waals surface area contributed by atoms with E-state index in [1.165, 1.54) is 10.9 Å². The molecule has 8 nitrogen and oxygen atoms in total. The van der Waals surface area contributed by atoms with Crippen LogP contribution in [0, 0.1) is 13.8 Å². The molecule has 3 rings (SSSR count). The Hall–Kier alpha value is -2.29. The first-order chi connectivity index (χ1) is 10.9. The average Bonchev–Trinajstić information content (AvgIpc) is 3.16. The Morgan fingerprint density at radius 3 is 2.91 bits per heavy atom. The predicted molar refractivity (Wildman–Crippen MR) is 78.2 cm³/mol. The second kappa shape index (κ2) is 6.07. The molecule has 0 unspecified atom stereocenters. The van der Waals surface area contributed by atoms with Crippen LogP contribution < -0.4 is 5.73 Å². The Balaban J connectivity index is 1.73. The first-order valence-corrected chi connectivity index (χ1v) is 7.44. The highest BCUT2D eigenvalue weighted by molar-refractivity contribution is 5.90. The number of nitrogens with two attached hydrogens (primary N) is 1. The Morgan fingerprint density at radius 2 is 2.30 bits per heavy atom. The smallest absolute Gasteiger partial charge is 0.270 e. The zero-order valence-electron chi connectivity index (χ0n) is 13.1. The molecule has 124 valence electrons. The molecule has 1 aliphatic heterocycles. The number of primary amides is 1. The third kappa shape index (κ3) is 3.24. The summed E-state index contributed by atoms with van der Waals surface area (Å²) < 4.78 is 20.6. The van der Waals surface area contributed by atoms with Crippen LogP contribution in [-0.2, 0) is 13.1 Å². The summed E-state index contributed by atoms with van der Waals surface area (Å²) in [6.07, 6.45) is 1.01. The van der Waals surface area contributed by atoms with Crippen molar-refractivity contribution in [1.29, 1.82) is 0 Å². The molecule has 2 aromatic rings. The normalized spacial score (nSPS) is 21.9. The number of likely N-dealkylation sites (tertiary alicyclic amines) is 1. The van der Waals surface area contributed by atoms with Gasteiger partial charge in [-0.05, 0) is 20.3 Å². The number of amides is 1. The maximum atomic E-state index is 13.9. The highest BCUT2D eigenvalue weighted by Gasteiger charge is 2.33. The Morgan fingerprint density at radius 1 is 1.52 bits per heavy atom. The van der Waals surface area contributed by atoms with Crippen molar-refractivity contribution in [2.24, 2.45) is 5.73 Å². The molecular weight excluding hydrogens is 303 g/mol. The molecule has 1 fully saturated rings. The molecule has 0 spiro atoms. The van der Waals surface area contributed by atoms with Gasteiger partial charge in [-0.15, -0.1) is 5.10 Å². The van der Waals surface area contributed by atoms with Gasteiger partial charge in [-0.2, -0.15) is 0 Å². The summed E-state index contributed by atoms with van der Waals surface area (Å²) in [5.74, 6) is 0.124. The van der Waals surface area contributed by atoms with Gasteiger partial charge in [0.05, 0.1) is 18.4 Å². The van der Waals surface area contributed by atoms with Gasteiger partial charge in [0, 0.05) is 24.7 Å². The number of nitrogens with zero attached hydrogens (tertiary/aromatic N) is 5. The minimum atomic E-state index is -0.889. The van der Waals surface area contributed by atoms with E-state index in [4.69, 9.17) is 10.3 Å². The van der Waals surface area contributed by atoms with Crippen molar-refractivity contribution in [2.75, 3.05) is 6.54 Å². The molecule has 0 saturated carbocycles. The lowest BCUT2D eigenvalue weighted by Gasteiger charge is -2.23. The zero-order valence-corrected chi connectivity index (χ0v) is 13.1. The van der Waals surface area contributed by atoms with E-state index in [1.54, 1.807) is 0 Å². The maximum Gasteiger partial charge on any atom is 0.270 e. The zero-order chi connectivity index (χ0) is 16.6. The van der Waals surface area contributed by atoms with E-state index in [9.17, 15) is 9.18 Å². The van der Waals surface area contributed by atoms with Crippen LogP contribution in [0.5, 0.6) is 0 Å². The summed E-state index contributed by atoms with van der Waals surface area (Å²) in [5, 5.41) is 11.5. The average molecular weight is 322 g/mol. The van der Waals surface area contributed by atoms with Gasteiger partial charge in [-0.1, -0.05) is 10.4 Å². The molecule has 3 heterocycles. The second-order valence-corrected chi connectivity index (χ2v) is 5.91. The number of aromatic nitrogens is 4. The second-order valence-electron chi connectivity index (χ2n) is 5.91. The number of halogens is 1. The fraction of sp³-hybridized carbons (Fsp3) is 0.571. The summed E-state index contributed by atoms with van der Waals surface area (Å²) in [6.45, 7) is 5.10. The Labute approximate surface area is 132 Å². The quantitative estimate of drug-likeness (QED) is 0.864. The van der Waals surface area contributed by atoms with Crippen molar-refractivity contribution in [3.8, 4) is 0 Å². The number of alkyl halides is 1. The van der Waals surface area contributed by atoms with Crippen molar-refractivity contribution >= 4 is 5.91 Å². The molecular formula is C14H19FN6O2. The summed E-state index contributed by atoms with van der Waals surface area (Å²) in [4.78, 5) is 13.1. The van der Waals surface area contributed by atoms with Crippen LogP contribution in [0.15, 0.2) is 10.7 Å². The van der Waals surface area contributed by atoms with E-state index < -0.39 is 12.1 Å². The fourth-order valence-corrected chi connectivity index (χ4v) is 2.95. The number of hydrogen-bond donors (Lipinski definition) is 1. The van der Waals surface area contributed by atoms with Crippen LogP contribution in [0.25, 0.3) is 0 Å². The maximum absolute atomic E-state index is 13.9. The Bertz CT molecular complexity index is 692. The fourth-order valence-electron chi connectivity index (χ4n) is 2.95. The van der Waals surface area contributed by atoms with Crippen LogP contribution in [0.1, 0.15) is 33.9 Å². The van der Waals surface area contributed by atoms with E-state index in [2.05, 4.69) is 15.5 Å². The molecule has 9 heteroatoms. The highest BCUT2D eigenvalue weighted by Crippen LogP contribution is 2.26. The van der Waals surface area contributed by atoms with Crippen LogP contribution >= 0.6 is 0 Å². The van der Waals surface area contributed by atoms with Gasteiger partial charge in [0.2, 0.25) is 0 Å². The van der Waals surface area contributed by atoms with Crippen LogP contribution in [0.2, 0.25) is 0 Å². The lowest BCUT2D eigenvalue weighted by atomic mass is 10.1. The van der Waals surface area contributed by atoms with E-state index in [-0.39, 0.29) is 11.7 Å². The van der Waals surface area contributed by atoms with Gasteiger partial charge in [-0.25, -0.2) is 4.39 Å². The predicted octanol–water partition coefficient (Wildman–Crippen LogP) is 0.594. The molecule has 0 bridgehead atoms. The molecule has 2 N–H and O–H groups in total. The highest BCUT2D eigenvalue weighted by atomic mass is 19.1. The number of hydrogen-bond acceptors (Lipinski definition) is 6. The topological polar surface area (TPSA) is 103 Å². The minimum absolute atomic E-state index is 0.0406. The van der Waals surface area contributed by atoms with E-state index >= 15 is 0 Å². The molecule has 1 aliphatic rings. The van der Waals surface area contributed by atoms with Gasteiger partial charge in [0.15, 0.2) is 5.69 Å². The monoisotopic (exact) mass is 322 g/mol. The minimum Gasteiger partial charge on any atom is -0.364 e. The van der Waals surface area contributed by atoms with E-state index in [0.29, 0.717) is 26.1 Å². The van der Waals surface area contributed by atoms with Crippen molar-refractivity contribution in [3.63, 3.8) is 0 Å². The summed E-state index contributed by atoms with van der Waals surface area (Å²) in [5.41, 5.74) is 7.08. The van der Waals surface area contributed by atoms with Crippen molar-refractivity contribution in [3.05, 3.63) is 28.9 Å². The number of rotatable bonds is 5. The van der Waals surface area contributed by atoms with Gasteiger partial charge < -0.3 is 10.3 Å². The SMILES string of the molecule is Cc1noc(C)c1CN1C[C@@H](F)C[C@H]1Cn1cc(C(N)=O)nn1. The van der Waals surface area contributed by atoms with Crippen molar-refractivity contribution in [2.45, 2.75) is 45.6 Å². The molecule has 23 heavy (non-hydrogen) atoms. The molecule has 0 aromatic carbocycles. The van der Waals surface area contributed by atoms with Crippen molar-refractivity contribution < 1.29 is 13.7 Å². The first kappa shape index (κ1) is 15.6. The third-order valence-corrected chi connectivity index (χ3v) is 4.21. The first-order valence-electron chi connectivity index (χ1n) is 7.44. The summed E-state index contributed by atoms with van der Waals surface area (Å²) in [6, 6.07) is -0.0406. The van der Waals surface area contributed by atoms with E-state index in [0.717, 1.165) is 17.0 Å². The largest absolute Gasteiger partial charge is 0.364 e. The molecule has 1 amide bonds. The van der Waals surface area contributed by atoms with Crippen molar-refractivity contribution in [1.82, 2.24) is 25.1 Å². The van der Waals surface area contributed by atoms with Gasteiger partial charge in [0.25, 0.3) is 5.91 Å². The summed E-state index contributed by atoms with van der Waals surface area (Å²) >= 11 is 0. The molecule has 1 saturated heterocycles. The number of aryl methyl sites for hydroxylation is 2. The number of carbonyl (C=O) groups is 1. The Kier molecular flexibility index (Phi) is 4.12. The summed E-state index contributed by atoms with van der Waals surface area (Å²) in [7, 11) is 0. The molecule has 0 aliphatic carbocycles. The molecule has 2 atom stereocenters. The van der Waals surface area contributed by atoms with Gasteiger partial charge >= 0.3 is 0 Å². The standard InChI is InChI=1S/C14H19FN6O2/c1-8-12(9(2)23-18-8)6-20-4-10(15)3-11(20)5-21-7-13(14(16)22)17-19-21/h7,10-11H,3-6H2,1-2H3,(H2,16,22)/t10-,11-/m0/s1. The van der Waals surface area contributed by atoms with E-state index in [1.807, 2.05) is 18.7 Å². The molecule has 0 radical (unpaired) electrons. The third-order valence-electron chi connectivity index (χ3n) is 4.21. The van der Waals surface area contributed by atoms with Crippen LogP contribution in [0.4, 0.5) is 4.39 Å².